The highest BCUT2D eigenvalue weighted by Crippen LogP contribution is 2.39. The van der Waals surface area contributed by atoms with Crippen molar-refractivity contribution in [2.75, 3.05) is 6.54 Å². The largest absolute Gasteiger partial charge is 0.507 e. The number of likely N-dealkylation sites (tertiary alicyclic amines) is 1. The minimum Gasteiger partial charge on any atom is -0.507 e. The summed E-state index contributed by atoms with van der Waals surface area (Å²) in [4.78, 5) is 35.7. The van der Waals surface area contributed by atoms with Gasteiger partial charge in [0.2, 0.25) is 0 Å². The number of aliphatic hydroxyl groups excluding tert-OH is 1. The molecule has 1 amide bonds. The molecule has 0 unspecified atom stereocenters. The molecule has 0 aliphatic carbocycles. The molecule has 0 saturated carbocycles. The highest BCUT2D eigenvalue weighted by atomic mass is 16.3. The lowest BCUT2D eigenvalue weighted by molar-refractivity contribution is -0.140. The normalized spacial score (nSPS) is 18.3. The second-order valence-corrected chi connectivity index (χ2v) is 7.21. The lowest BCUT2D eigenvalue weighted by atomic mass is 9.97. The average Bonchev–Trinajstić information content (AvgIpc) is 3.44. The number of H-pyrrole nitrogens is 1. The van der Waals surface area contributed by atoms with Gasteiger partial charge in [-0.3, -0.25) is 19.7 Å². The Labute approximate surface area is 173 Å². The molecule has 9 heteroatoms. The van der Waals surface area contributed by atoms with Crippen molar-refractivity contribution in [3.63, 3.8) is 0 Å². The second-order valence-electron chi connectivity index (χ2n) is 7.21. The summed E-state index contributed by atoms with van der Waals surface area (Å²) in [7, 11) is 0. The van der Waals surface area contributed by atoms with Crippen LogP contribution in [0.3, 0.4) is 0 Å². The number of imidazole rings is 1. The molecular formula is C21H22N6O3. The molecule has 0 radical (unpaired) electrons. The van der Waals surface area contributed by atoms with Crippen molar-refractivity contribution in [1.29, 1.82) is 0 Å². The number of carbonyl (C=O) groups excluding carboxylic acids is 2. The summed E-state index contributed by atoms with van der Waals surface area (Å²) in [5, 5.41) is 18.0. The van der Waals surface area contributed by atoms with Crippen molar-refractivity contribution in [3.05, 3.63) is 71.3 Å². The van der Waals surface area contributed by atoms with Crippen molar-refractivity contribution in [2.24, 2.45) is 0 Å². The van der Waals surface area contributed by atoms with Crippen molar-refractivity contribution >= 4 is 17.4 Å². The van der Waals surface area contributed by atoms with Crippen LogP contribution in [-0.2, 0) is 16.1 Å². The molecule has 4 rings (SSSR count). The average molecular weight is 406 g/mol. The summed E-state index contributed by atoms with van der Waals surface area (Å²) in [6.45, 7) is 4.48. The third-order valence-corrected chi connectivity index (χ3v) is 5.25. The van der Waals surface area contributed by atoms with Gasteiger partial charge in [-0.1, -0.05) is 6.07 Å². The van der Waals surface area contributed by atoms with E-state index in [0.29, 0.717) is 42.2 Å². The topological polar surface area (TPSA) is 117 Å². The van der Waals surface area contributed by atoms with Gasteiger partial charge in [0.1, 0.15) is 11.8 Å². The van der Waals surface area contributed by atoms with Gasteiger partial charge in [-0.2, -0.15) is 5.10 Å². The van der Waals surface area contributed by atoms with E-state index in [4.69, 9.17) is 0 Å². The van der Waals surface area contributed by atoms with Gasteiger partial charge in [-0.25, -0.2) is 4.98 Å². The molecule has 1 aliphatic rings. The first-order valence-corrected chi connectivity index (χ1v) is 9.66. The number of ketones is 1. The van der Waals surface area contributed by atoms with E-state index in [-0.39, 0.29) is 11.3 Å². The molecule has 2 N–H and O–H groups in total. The lowest BCUT2D eigenvalue weighted by Crippen LogP contribution is -2.31. The van der Waals surface area contributed by atoms with Gasteiger partial charge in [0.25, 0.3) is 11.7 Å². The van der Waals surface area contributed by atoms with Crippen LogP contribution in [0.15, 0.2) is 48.7 Å². The predicted molar refractivity (Wildman–Crippen MR) is 108 cm³/mol. The maximum absolute atomic E-state index is 13.0. The number of amides is 1. The maximum atomic E-state index is 13.0. The molecule has 1 aliphatic heterocycles. The first-order chi connectivity index (χ1) is 14.5. The van der Waals surface area contributed by atoms with Crippen LogP contribution in [-0.4, -0.2) is 53.0 Å². The van der Waals surface area contributed by atoms with Gasteiger partial charge in [0.05, 0.1) is 28.9 Å². The number of pyridine rings is 1. The molecule has 4 heterocycles. The fourth-order valence-electron chi connectivity index (χ4n) is 3.83. The summed E-state index contributed by atoms with van der Waals surface area (Å²) < 4.78 is 1.91. The standard InChI is InChI=1S/C21H22N6O3/c1-13-16(14(2)25-24-13)19(28)17-18(15-6-3-4-7-23-15)27(21(30)20(17)29)10-5-9-26-11-8-22-12-26/h3-4,6-8,11-12,18,28H,5,9-10H2,1-2H3,(H,24,25)/t18-/m1/s1. The molecule has 1 atom stereocenters. The Hall–Kier alpha value is -3.75. The number of hydrogen-bond acceptors (Lipinski definition) is 6. The molecular weight excluding hydrogens is 384 g/mol. The van der Waals surface area contributed by atoms with Crippen molar-refractivity contribution in [1.82, 2.24) is 29.6 Å². The minimum absolute atomic E-state index is 0.0360. The van der Waals surface area contributed by atoms with Crippen LogP contribution in [0.2, 0.25) is 0 Å². The van der Waals surface area contributed by atoms with E-state index in [0.717, 1.165) is 0 Å². The summed E-state index contributed by atoms with van der Waals surface area (Å²) >= 11 is 0. The van der Waals surface area contributed by atoms with Crippen LogP contribution >= 0.6 is 0 Å². The summed E-state index contributed by atoms with van der Waals surface area (Å²) in [5.41, 5.74) is 2.17. The van der Waals surface area contributed by atoms with E-state index in [2.05, 4.69) is 20.2 Å². The number of hydrogen-bond donors (Lipinski definition) is 2. The Balaban J connectivity index is 1.74. The van der Waals surface area contributed by atoms with E-state index in [1.54, 1.807) is 50.8 Å². The number of nitrogens with one attached hydrogen (secondary N) is 1. The summed E-state index contributed by atoms with van der Waals surface area (Å²) in [6.07, 6.45) is 7.46. The number of aromatic amines is 1. The van der Waals surface area contributed by atoms with Gasteiger partial charge in [0, 0.05) is 37.4 Å². The van der Waals surface area contributed by atoms with Gasteiger partial charge < -0.3 is 14.6 Å². The van der Waals surface area contributed by atoms with Crippen LogP contribution in [0.5, 0.6) is 0 Å². The van der Waals surface area contributed by atoms with E-state index < -0.39 is 17.7 Å². The zero-order chi connectivity index (χ0) is 21.3. The zero-order valence-electron chi connectivity index (χ0n) is 16.7. The summed E-state index contributed by atoms with van der Waals surface area (Å²) in [6, 6.07) is 4.55. The molecule has 1 fully saturated rings. The predicted octanol–water partition coefficient (Wildman–Crippen LogP) is 2.13. The Bertz CT molecular complexity index is 1080. The van der Waals surface area contributed by atoms with Crippen LogP contribution in [0, 0.1) is 13.8 Å². The first kappa shape index (κ1) is 19.6. The number of rotatable bonds is 6. The second kappa shape index (κ2) is 7.94. The first-order valence-electron chi connectivity index (χ1n) is 9.66. The molecule has 154 valence electrons. The van der Waals surface area contributed by atoms with Gasteiger partial charge in [-0.05, 0) is 32.4 Å². The quantitative estimate of drug-likeness (QED) is 0.368. The van der Waals surface area contributed by atoms with E-state index >= 15 is 0 Å². The monoisotopic (exact) mass is 406 g/mol. The molecule has 0 spiro atoms. The van der Waals surface area contributed by atoms with E-state index in [9.17, 15) is 14.7 Å². The molecule has 3 aromatic heterocycles. The fourth-order valence-corrected chi connectivity index (χ4v) is 3.83. The lowest BCUT2D eigenvalue weighted by Gasteiger charge is -2.24. The minimum atomic E-state index is -0.761. The van der Waals surface area contributed by atoms with Crippen LogP contribution in [0.25, 0.3) is 5.76 Å². The van der Waals surface area contributed by atoms with Crippen molar-refractivity contribution in [3.8, 4) is 0 Å². The maximum Gasteiger partial charge on any atom is 0.295 e. The molecule has 1 saturated heterocycles. The molecule has 0 aromatic carbocycles. The van der Waals surface area contributed by atoms with E-state index in [1.165, 1.54) is 4.90 Å². The Morgan fingerprint density at radius 3 is 2.67 bits per heavy atom. The van der Waals surface area contributed by atoms with Gasteiger partial charge >= 0.3 is 0 Å². The van der Waals surface area contributed by atoms with Crippen molar-refractivity contribution in [2.45, 2.75) is 32.9 Å². The highest BCUT2D eigenvalue weighted by Gasteiger charge is 2.46. The summed E-state index contributed by atoms with van der Waals surface area (Å²) in [5.74, 6) is -1.59. The Morgan fingerprint density at radius 1 is 1.20 bits per heavy atom. The fraction of sp³-hybridized carbons (Fsp3) is 0.286. The smallest absolute Gasteiger partial charge is 0.295 e. The Morgan fingerprint density at radius 2 is 2.03 bits per heavy atom. The number of Topliss-reactive ketones (excluding diaryl/α,β-unsaturated/α-hetero) is 1. The van der Waals surface area contributed by atoms with Gasteiger partial charge in [0.15, 0.2) is 0 Å². The third-order valence-electron chi connectivity index (χ3n) is 5.25. The molecule has 3 aromatic rings. The number of aryl methyl sites for hydroxylation is 3. The molecule has 9 nitrogen and oxygen atoms in total. The SMILES string of the molecule is Cc1n[nH]c(C)c1C(O)=C1C(=O)C(=O)N(CCCn2ccnc2)[C@@H]1c1ccccn1. The van der Waals surface area contributed by atoms with Crippen molar-refractivity contribution < 1.29 is 14.7 Å². The zero-order valence-corrected chi connectivity index (χ0v) is 16.7. The molecule has 30 heavy (non-hydrogen) atoms. The van der Waals surface area contributed by atoms with Crippen LogP contribution < -0.4 is 0 Å². The van der Waals surface area contributed by atoms with Gasteiger partial charge in [-0.15, -0.1) is 0 Å². The number of nitrogens with zero attached hydrogens (tertiary/aromatic N) is 5. The van der Waals surface area contributed by atoms with E-state index in [1.807, 2.05) is 10.8 Å². The van der Waals surface area contributed by atoms with Crippen LogP contribution in [0.4, 0.5) is 0 Å². The number of aromatic nitrogens is 5. The highest BCUT2D eigenvalue weighted by molar-refractivity contribution is 6.46. The van der Waals surface area contributed by atoms with Crippen LogP contribution in [0.1, 0.15) is 35.1 Å². The number of carbonyl (C=O) groups is 2. The third kappa shape index (κ3) is 3.38. The number of aliphatic hydroxyl groups is 1. The Kier molecular flexibility index (Phi) is 5.18. The molecule has 0 bridgehead atoms.